The van der Waals surface area contributed by atoms with Crippen LogP contribution < -0.4 is 4.74 Å². The molecule has 3 saturated heterocycles. The summed E-state index contributed by atoms with van der Waals surface area (Å²) in [5, 5.41) is 0. The summed E-state index contributed by atoms with van der Waals surface area (Å²) < 4.78 is 17.0. The van der Waals surface area contributed by atoms with Gasteiger partial charge in [-0.2, -0.15) is 0 Å². The van der Waals surface area contributed by atoms with Crippen molar-refractivity contribution in [1.82, 2.24) is 9.80 Å². The van der Waals surface area contributed by atoms with E-state index >= 15 is 0 Å². The maximum atomic E-state index is 12.3. The molecule has 3 heterocycles. The number of carbonyl (C=O) groups excluding carboxylic acids is 1. The maximum Gasteiger partial charge on any atom is 0.410 e. The van der Waals surface area contributed by atoms with Crippen LogP contribution in [0.25, 0.3) is 0 Å². The van der Waals surface area contributed by atoms with Gasteiger partial charge in [0.05, 0.1) is 13.1 Å². The van der Waals surface area contributed by atoms with Gasteiger partial charge in [-0.25, -0.2) is 4.79 Å². The van der Waals surface area contributed by atoms with Crippen molar-refractivity contribution in [3.8, 4) is 5.75 Å². The van der Waals surface area contributed by atoms with E-state index in [4.69, 9.17) is 14.2 Å². The lowest BCUT2D eigenvalue weighted by molar-refractivity contribution is -0.000434. The third kappa shape index (κ3) is 4.74. The summed E-state index contributed by atoms with van der Waals surface area (Å²) in [6.07, 6.45) is 4.08. The topological polar surface area (TPSA) is 51.2 Å². The number of para-hydroxylation sites is 1. The van der Waals surface area contributed by atoms with Gasteiger partial charge in [0.15, 0.2) is 0 Å². The first-order valence-electron chi connectivity index (χ1n) is 10.2. The van der Waals surface area contributed by atoms with Gasteiger partial charge in [0.2, 0.25) is 0 Å². The van der Waals surface area contributed by atoms with Crippen molar-refractivity contribution < 1.29 is 19.0 Å². The molecule has 4 rings (SSSR count). The molecule has 6 nitrogen and oxygen atoms in total. The molecule has 148 valence electrons. The van der Waals surface area contributed by atoms with Gasteiger partial charge in [0.1, 0.15) is 18.0 Å². The molecule has 0 radical (unpaired) electrons. The summed E-state index contributed by atoms with van der Waals surface area (Å²) in [4.78, 5) is 16.6. The monoisotopic (exact) mass is 374 g/mol. The summed E-state index contributed by atoms with van der Waals surface area (Å²) in [6.45, 7) is 6.75. The Kier molecular flexibility index (Phi) is 5.83. The van der Waals surface area contributed by atoms with Crippen LogP contribution in [-0.2, 0) is 9.47 Å². The average molecular weight is 374 g/mol. The van der Waals surface area contributed by atoms with Crippen molar-refractivity contribution in [2.75, 3.05) is 52.5 Å². The molecule has 3 aliphatic rings. The quantitative estimate of drug-likeness (QED) is 0.735. The van der Waals surface area contributed by atoms with Crippen LogP contribution in [0.15, 0.2) is 30.3 Å². The highest BCUT2D eigenvalue weighted by Crippen LogP contribution is 2.33. The largest absolute Gasteiger partial charge is 0.492 e. The smallest absolute Gasteiger partial charge is 0.410 e. The minimum Gasteiger partial charge on any atom is -0.492 e. The summed E-state index contributed by atoms with van der Waals surface area (Å²) in [7, 11) is 0. The van der Waals surface area contributed by atoms with E-state index < -0.39 is 0 Å². The number of likely N-dealkylation sites (tertiary alicyclic amines) is 1. The van der Waals surface area contributed by atoms with Gasteiger partial charge < -0.3 is 24.0 Å². The molecule has 1 amide bonds. The highest BCUT2D eigenvalue weighted by molar-refractivity contribution is 5.70. The average Bonchev–Trinajstić information content (AvgIpc) is 3.31. The Morgan fingerprint density at radius 2 is 1.96 bits per heavy atom. The molecule has 1 atom stereocenters. The van der Waals surface area contributed by atoms with Crippen LogP contribution in [0.5, 0.6) is 5.75 Å². The Bertz CT molecular complexity index is 610. The maximum absolute atomic E-state index is 12.3. The normalized spacial score (nSPS) is 25.1. The van der Waals surface area contributed by atoms with Crippen LogP contribution in [0.2, 0.25) is 0 Å². The number of hydrogen-bond donors (Lipinski definition) is 0. The molecule has 1 aromatic carbocycles. The SMILES string of the molecule is O=C1OC2(CCN(CC[C@H]3CCOC3)CC2)CN1CCOc1ccccc1. The Morgan fingerprint density at radius 3 is 2.70 bits per heavy atom. The van der Waals surface area contributed by atoms with E-state index in [2.05, 4.69) is 4.90 Å². The van der Waals surface area contributed by atoms with E-state index in [0.29, 0.717) is 19.7 Å². The fourth-order valence-electron chi connectivity index (χ4n) is 4.28. The number of ether oxygens (including phenoxy) is 3. The molecule has 1 aromatic rings. The lowest BCUT2D eigenvalue weighted by atomic mass is 9.91. The Balaban J connectivity index is 1.19. The van der Waals surface area contributed by atoms with Crippen LogP contribution in [0.1, 0.15) is 25.7 Å². The van der Waals surface area contributed by atoms with Crippen LogP contribution in [0.4, 0.5) is 4.79 Å². The summed E-state index contributed by atoms with van der Waals surface area (Å²) in [6, 6.07) is 9.71. The number of piperidine rings is 1. The summed E-state index contributed by atoms with van der Waals surface area (Å²) in [5.74, 6) is 1.56. The Labute approximate surface area is 161 Å². The number of nitrogens with zero attached hydrogens (tertiary/aromatic N) is 2. The van der Waals surface area contributed by atoms with E-state index in [1.807, 2.05) is 30.3 Å². The number of benzene rings is 1. The molecule has 1 spiro atoms. The van der Waals surface area contributed by atoms with Crippen molar-refractivity contribution in [3.05, 3.63) is 30.3 Å². The van der Waals surface area contributed by atoms with Crippen LogP contribution in [0, 0.1) is 5.92 Å². The van der Waals surface area contributed by atoms with E-state index in [1.54, 1.807) is 4.90 Å². The first-order chi connectivity index (χ1) is 13.2. The van der Waals surface area contributed by atoms with Gasteiger partial charge >= 0.3 is 6.09 Å². The number of amides is 1. The van der Waals surface area contributed by atoms with Gasteiger partial charge in [0.25, 0.3) is 0 Å². The summed E-state index contributed by atoms with van der Waals surface area (Å²) >= 11 is 0. The Morgan fingerprint density at radius 1 is 1.15 bits per heavy atom. The van der Waals surface area contributed by atoms with Crippen LogP contribution in [0.3, 0.4) is 0 Å². The summed E-state index contributed by atoms with van der Waals surface area (Å²) in [5.41, 5.74) is -0.295. The van der Waals surface area contributed by atoms with E-state index in [1.165, 1.54) is 12.8 Å². The third-order valence-corrected chi connectivity index (χ3v) is 6.06. The minimum atomic E-state index is -0.295. The van der Waals surface area contributed by atoms with Crippen molar-refractivity contribution in [3.63, 3.8) is 0 Å². The highest BCUT2D eigenvalue weighted by atomic mass is 16.6. The number of hydrogen-bond acceptors (Lipinski definition) is 5. The standard InChI is InChI=1S/C21H30N2O4/c24-20-23(13-15-26-19-4-2-1-3-5-19)17-21(27-20)8-11-22(12-9-21)10-6-18-7-14-25-16-18/h1-5,18H,6-17H2/t18-/m0/s1. The molecule has 3 aliphatic heterocycles. The van der Waals surface area contributed by atoms with E-state index in [9.17, 15) is 4.79 Å². The fourth-order valence-corrected chi connectivity index (χ4v) is 4.28. The molecule has 0 aliphatic carbocycles. The van der Waals surface area contributed by atoms with E-state index in [-0.39, 0.29) is 11.7 Å². The zero-order valence-electron chi connectivity index (χ0n) is 16.0. The molecular formula is C21H30N2O4. The molecule has 0 aromatic heterocycles. The first-order valence-corrected chi connectivity index (χ1v) is 10.2. The highest BCUT2D eigenvalue weighted by Gasteiger charge is 2.46. The van der Waals surface area contributed by atoms with Crippen LogP contribution in [-0.4, -0.2) is 74.0 Å². The van der Waals surface area contributed by atoms with Gasteiger partial charge in [-0.15, -0.1) is 0 Å². The molecule has 0 saturated carbocycles. The molecular weight excluding hydrogens is 344 g/mol. The lowest BCUT2D eigenvalue weighted by Crippen LogP contribution is -2.47. The number of rotatable bonds is 7. The molecule has 0 bridgehead atoms. The van der Waals surface area contributed by atoms with Crippen molar-refractivity contribution in [1.29, 1.82) is 0 Å². The van der Waals surface area contributed by atoms with Crippen molar-refractivity contribution in [2.24, 2.45) is 5.92 Å². The second kappa shape index (κ2) is 8.48. The second-order valence-corrected chi connectivity index (χ2v) is 7.99. The first kappa shape index (κ1) is 18.6. The van der Waals surface area contributed by atoms with Gasteiger partial charge in [-0.3, -0.25) is 0 Å². The predicted molar refractivity (Wildman–Crippen MR) is 102 cm³/mol. The molecule has 3 fully saturated rings. The minimum absolute atomic E-state index is 0.191. The van der Waals surface area contributed by atoms with Crippen LogP contribution >= 0.6 is 0 Å². The molecule has 6 heteroatoms. The third-order valence-electron chi connectivity index (χ3n) is 6.06. The molecule has 0 N–H and O–H groups in total. The van der Waals surface area contributed by atoms with Crippen molar-refractivity contribution >= 4 is 6.09 Å². The number of carbonyl (C=O) groups is 1. The van der Waals surface area contributed by atoms with Gasteiger partial charge in [-0.1, -0.05) is 18.2 Å². The zero-order chi connectivity index (χ0) is 18.5. The fraction of sp³-hybridized carbons (Fsp3) is 0.667. The van der Waals surface area contributed by atoms with Gasteiger partial charge in [-0.05, 0) is 37.4 Å². The molecule has 27 heavy (non-hydrogen) atoms. The Hall–Kier alpha value is -1.79. The molecule has 0 unspecified atom stereocenters. The second-order valence-electron chi connectivity index (χ2n) is 7.99. The van der Waals surface area contributed by atoms with Crippen molar-refractivity contribution in [2.45, 2.75) is 31.3 Å². The predicted octanol–water partition coefficient (Wildman–Crippen LogP) is 2.78. The lowest BCUT2D eigenvalue weighted by Gasteiger charge is -2.37. The van der Waals surface area contributed by atoms with E-state index in [0.717, 1.165) is 57.4 Å². The zero-order valence-corrected chi connectivity index (χ0v) is 16.0. The van der Waals surface area contributed by atoms with Gasteiger partial charge in [0, 0.05) is 39.1 Å².